The second-order valence-electron chi connectivity index (χ2n) is 3.71. The normalized spacial score (nSPS) is 21.0. The Morgan fingerprint density at radius 2 is 0.688 bits per heavy atom. The Bertz CT molecular complexity index is 76.1. The van der Waals surface area contributed by atoms with Crippen LogP contribution < -0.4 is 21.3 Å². The molecule has 1 rings (SSSR count). The number of halogens is 1. The Hall–Kier alpha value is 0.636. The second-order valence-corrected chi connectivity index (χ2v) is 3.71. The van der Waals surface area contributed by atoms with E-state index in [0.29, 0.717) is 0 Å². The van der Waals surface area contributed by atoms with Gasteiger partial charge in [-0.05, 0) is 39.0 Å². The molecule has 16 heavy (non-hydrogen) atoms. The maximum absolute atomic E-state index is 3.42. The maximum atomic E-state index is 3.42. The van der Waals surface area contributed by atoms with Crippen molar-refractivity contribution in [3.8, 4) is 0 Å². The van der Waals surface area contributed by atoms with Crippen LogP contribution in [-0.2, 0) is 16.8 Å². The van der Waals surface area contributed by atoms with E-state index in [1.165, 1.54) is 12.8 Å². The van der Waals surface area contributed by atoms with E-state index >= 15 is 0 Å². The van der Waals surface area contributed by atoms with E-state index in [4.69, 9.17) is 0 Å². The Morgan fingerprint density at radius 3 is 0.938 bits per heavy atom. The number of hydrogen-bond acceptors (Lipinski definition) is 4. The molecule has 4 N–H and O–H groups in total. The Morgan fingerprint density at radius 1 is 0.438 bits per heavy atom. The molecule has 4 nitrogen and oxygen atoms in total. The molecule has 6 heteroatoms. The van der Waals surface area contributed by atoms with Gasteiger partial charge < -0.3 is 21.3 Å². The number of nitrogens with one attached hydrogen (secondary N) is 4. The van der Waals surface area contributed by atoms with Crippen molar-refractivity contribution in [1.82, 2.24) is 21.3 Å². The summed E-state index contributed by atoms with van der Waals surface area (Å²) in [5.41, 5.74) is 0. The molecular formula is C10H25ClCoN4. The van der Waals surface area contributed by atoms with Gasteiger partial charge in [0, 0.05) is 43.0 Å². The summed E-state index contributed by atoms with van der Waals surface area (Å²) < 4.78 is 0. The van der Waals surface area contributed by atoms with Gasteiger partial charge in [-0.15, -0.1) is 12.4 Å². The Kier molecular flexibility index (Phi) is 18.6. The zero-order valence-electron chi connectivity index (χ0n) is 9.81. The van der Waals surface area contributed by atoms with Crippen molar-refractivity contribution >= 4 is 12.4 Å². The van der Waals surface area contributed by atoms with Crippen LogP contribution in [0.1, 0.15) is 12.8 Å². The molecule has 0 unspecified atom stereocenters. The largest absolute Gasteiger partial charge is 0.315 e. The van der Waals surface area contributed by atoms with Gasteiger partial charge in [-0.3, -0.25) is 0 Å². The predicted octanol–water partition coefficient (Wildman–Crippen LogP) is -0.442. The van der Waals surface area contributed by atoms with Gasteiger partial charge >= 0.3 is 0 Å². The third-order valence-corrected chi connectivity index (χ3v) is 2.37. The van der Waals surface area contributed by atoms with Crippen LogP contribution in [0, 0.1) is 0 Å². The topological polar surface area (TPSA) is 48.1 Å². The van der Waals surface area contributed by atoms with Gasteiger partial charge in [0.2, 0.25) is 0 Å². The van der Waals surface area contributed by atoms with Gasteiger partial charge in [-0.1, -0.05) is 0 Å². The van der Waals surface area contributed by atoms with Crippen molar-refractivity contribution in [1.29, 1.82) is 0 Å². The van der Waals surface area contributed by atoms with E-state index in [0.717, 1.165) is 52.4 Å². The molecule has 0 amide bonds. The van der Waals surface area contributed by atoms with Crippen molar-refractivity contribution in [2.75, 3.05) is 52.4 Å². The molecule has 0 aliphatic carbocycles. The van der Waals surface area contributed by atoms with E-state index in [9.17, 15) is 0 Å². The molecule has 0 spiro atoms. The van der Waals surface area contributed by atoms with Crippen LogP contribution in [0.3, 0.4) is 0 Å². The van der Waals surface area contributed by atoms with Gasteiger partial charge in [0.1, 0.15) is 0 Å². The summed E-state index contributed by atoms with van der Waals surface area (Å²) >= 11 is 0. The number of hydrogen-bond donors (Lipinski definition) is 4. The summed E-state index contributed by atoms with van der Waals surface area (Å²) in [6, 6.07) is 0. The minimum atomic E-state index is 0. The quantitative estimate of drug-likeness (QED) is 0.489. The van der Waals surface area contributed by atoms with Gasteiger partial charge in [0.25, 0.3) is 0 Å². The molecule has 1 aliphatic rings. The van der Waals surface area contributed by atoms with Crippen molar-refractivity contribution in [3.05, 3.63) is 0 Å². The molecule has 0 bridgehead atoms. The molecule has 0 aromatic heterocycles. The maximum Gasteiger partial charge on any atom is 0.00767 e. The van der Waals surface area contributed by atoms with Crippen LogP contribution in [0.2, 0.25) is 0 Å². The van der Waals surface area contributed by atoms with E-state index < -0.39 is 0 Å². The summed E-state index contributed by atoms with van der Waals surface area (Å²) in [6.45, 7) is 8.87. The summed E-state index contributed by atoms with van der Waals surface area (Å²) in [6.07, 6.45) is 2.44. The first-order valence-electron chi connectivity index (χ1n) is 5.83. The van der Waals surface area contributed by atoms with Crippen LogP contribution in [0.15, 0.2) is 0 Å². The van der Waals surface area contributed by atoms with Crippen LogP contribution in [0.5, 0.6) is 0 Å². The van der Waals surface area contributed by atoms with Crippen LogP contribution in [-0.4, -0.2) is 52.4 Å². The standard InChI is InChI=1S/C10H24N4.ClH.Co/c1-3-11-7-9-13-5-2-6-14-10-8-12-4-1;;/h11-14H,1-10H2;1H;. The first kappa shape index (κ1) is 19.0. The fourth-order valence-electron chi connectivity index (χ4n) is 1.53. The summed E-state index contributed by atoms with van der Waals surface area (Å²) in [4.78, 5) is 0. The SMILES string of the molecule is C1CNCCNCCCNCCNC1.Cl.[Co]. The zero-order chi connectivity index (χ0) is 9.90. The molecular weight excluding hydrogens is 271 g/mol. The van der Waals surface area contributed by atoms with E-state index in [1.54, 1.807) is 0 Å². The summed E-state index contributed by atoms with van der Waals surface area (Å²) in [7, 11) is 0. The van der Waals surface area contributed by atoms with Crippen LogP contribution in [0.4, 0.5) is 0 Å². The second kappa shape index (κ2) is 15.6. The Labute approximate surface area is 116 Å². The molecule has 1 heterocycles. The van der Waals surface area contributed by atoms with Crippen molar-refractivity contribution in [3.63, 3.8) is 0 Å². The molecule has 1 saturated heterocycles. The molecule has 0 aromatic carbocycles. The first-order chi connectivity index (χ1) is 7.00. The average molecular weight is 296 g/mol. The fourth-order valence-corrected chi connectivity index (χ4v) is 1.53. The van der Waals surface area contributed by atoms with E-state index in [1.807, 2.05) is 0 Å². The van der Waals surface area contributed by atoms with Crippen LogP contribution in [0.25, 0.3) is 0 Å². The minimum absolute atomic E-state index is 0. The minimum Gasteiger partial charge on any atom is -0.315 e. The third-order valence-electron chi connectivity index (χ3n) is 2.37. The summed E-state index contributed by atoms with van der Waals surface area (Å²) in [5, 5.41) is 13.7. The van der Waals surface area contributed by atoms with Gasteiger partial charge in [-0.2, -0.15) is 0 Å². The fraction of sp³-hybridized carbons (Fsp3) is 1.00. The molecule has 1 radical (unpaired) electrons. The molecule has 1 fully saturated rings. The van der Waals surface area contributed by atoms with Crippen molar-refractivity contribution < 1.29 is 16.8 Å². The zero-order valence-corrected chi connectivity index (χ0v) is 11.7. The number of rotatable bonds is 0. The van der Waals surface area contributed by atoms with Gasteiger partial charge in [0.05, 0.1) is 0 Å². The Balaban J connectivity index is 0. The molecule has 0 atom stereocenters. The third kappa shape index (κ3) is 12.7. The molecule has 0 aromatic rings. The van der Waals surface area contributed by atoms with E-state index in [-0.39, 0.29) is 29.2 Å². The average Bonchev–Trinajstić information content (AvgIpc) is 2.22. The van der Waals surface area contributed by atoms with Crippen molar-refractivity contribution in [2.24, 2.45) is 0 Å². The molecule has 1 aliphatic heterocycles. The molecule has 0 saturated carbocycles. The van der Waals surface area contributed by atoms with E-state index in [2.05, 4.69) is 21.3 Å². The van der Waals surface area contributed by atoms with Crippen molar-refractivity contribution in [2.45, 2.75) is 12.8 Å². The smallest absolute Gasteiger partial charge is 0.00767 e. The first-order valence-corrected chi connectivity index (χ1v) is 5.83. The van der Waals surface area contributed by atoms with Crippen LogP contribution >= 0.6 is 12.4 Å². The molecule has 101 valence electrons. The van der Waals surface area contributed by atoms with Gasteiger partial charge in [0.15, 0.2) is 0 Å². The van der Waals surface area contributed by atoms with Gasteiger partial charge in [-0.25, -0.2) is 0 Å². The monoisotopic (exact) mass is 295 g/mol. The predicted molar refractivity (Wildman–Crippen MR) is 68.0 cm³/mol. The summed E-state index contributed by atoms with van der Waals surface area (Å²) in [5.74, 6) is 0.